The van der Waals surface area contributed by atoms with Gasteiger partial charge in [-0.2, -0.15) is 0 Å². The molecule has 0 aromatic heterocycles. The molecule has 0 aliphatic rings. The van der Waals surface area contributed by atoms with Crippen LogP contribution >= 0.6 is 0 Å². The zero-order valence-electron chi connectivity index (χ0n) is 10.8. The number of hydrogen-bond acceptors (Lipinski definition) is 4. The molecule has 0 atom stereocenters. The van der Waals surface area contributed by atoms with Gasteiger partial charge in [0.15, 0.2) is 0 Å². The molecule has 2 N–H and O–H groups in total. The second kappa shape index (κ2) is 7.35. The van der Waals surface area contributed by atoms with Crippen LogP contribution in [0.1, 0.15) is 12.5 Å². The van der Waals surface area contributed by atoms with Crippen molar-refractivity contribution >= 4 is 10.0 Å². The van der Waals surface area contributed by atoms with E-state index in [9.17, 15) is 8.42 Å². The van der Waals surface area contributed by atoms with Gasteiger partial charge in [0.25, 0.3) is 0 Å². The fourth-order valence-electron chi connectivity index (χ4n) is 1.47. The molecule has 0 fully saturated rings. The van der Waals surface area contributed by atoms with Gasteiger partial charge in [-0.15, -0.1) is 0 Å². The summed E-state index contributed by atoms with van der Waals surface area (Å²) in [5.41, 5.74) is 1.11. The Morgan fingerprint density at radius 3 is 2.72 bits per heavy atom. The Labute approximate surface area is 109 Å². The number of sulfonamides is 1. The van der Waals surface area contributed by atoms with Gasteiger partial charge >= 0.3 is 0 Å². The van der Waals surface area contributed by atoms with Gasteiger partial charge in [0.1, 0.15) is 5.75 Å². The molecule has 0 saturated carbocycles. The number of rotatable bonds is 8. The van der Waals surface area contributed by atoms with Crippen molar-refractivity contribution in [2.75, 3.05) is 26.0 Å². The Bertz CT molecular complexity index is 460. The van der Waals surface area contributed by atoms with Crippen molar-refractivity contribution in [3.05, 3.63) is 29.8 Å². The van der Waals surface area contributed by atoms with E-state index in [1.807, 2.05) is 31.2 Å². The maximum absolute atomic E-state index is 10.8. The topological polar surface area (TPSA) is 67.4 Å². The first kappa shape index (κ1) is 14.9. The van der Waals surface area contributed by atoms with E-state index in [1.165, 1.54) is 0 Å². The van der Waals surface area contributed by atoms with Crippen molar-refractivity contribution in [2.24, 2.45) is 0 Å². The Balaban J connectivity index is 2.28. The molecule has 1 aromatic rings. The lowest BCUT2D eigenvalue weighted by Gasteiger charge is -2.07. The second-order valence-corrected chi connectivity index (χ2v) is 5.76. The molecule has 0 spiro atoms. The second-order valence-electron chi connectivity index (χ2n) is 3.92. The summed E-state index contributed by atoms with van der Waals surface area (Å²) in [6, 6.07) is 7.83. The van der Waals surface area contributed by atoms with Crippen LogP contribution in [-0.2, 0) is 16.6 Å². The quantitative estimate of drug-likeness (QED) is 0.684. The van der Waals surface area contributed by atoms with Crippen LogP contribution in [0.25, 0.3) is 0 Å². The van der Waals surface area contributed by atoms with Crippen LogP contribution in [0.15, 0.2) is 24.3 Å². The van der Waals surface area contributed by atoms with E-state index in [2.05, 4.69) is 10.0 Å². The first-order valence-electron chi connectivity index (χ1n) is 5.88. The predicted octanol–water partition coefficient (Wildman–Crippen LogP) is 0.724. The molecule has 0 heterocycles. The Hall–Kier alpha value is -1.11. The fourth-order valence-corrected chi connectivity index (χ4v) is 1.94. The van der Waals surface area contributed by atoms with Crippen molar-refractivity contribution in [1.82, 2.24) is 10.0 Å². The smallest absolute Gasteiger partial charge is 0.208 e. The number of benzene rings is 1. The third-order valence-electron chi connectivity index (χ3n) is 2.20. The van der Waals surface area contributed by atoms with Crippen LogP contribution in [0, 0.1) is 0 Å². The molecule has 0 amide bonds. The van der Waals surface area contributed by atoms with Gasteiger partial charge in [0.05, 0.1) is 12.9 Å². The Kier molecular flexibility index (Phi) is 6.11. The van der Waals surface area contributed by atoms with Crippen LogP contribution in [0.3, 0.4) is 0 Å². The molecule has 1 aromatic carbocycles. The van der Waals surface area contributed by atoms with Crippen LogP contribution in [0.2, 0.25) is 0 Å². The van der Waals surface area contributed by atoms with Gasteiger partial charge in [-0.3, -0.25) is 0 Å². The lowest BCUT2D eigenvalue weighted by atomic mass is 10.2. The minimum absolute atomic E-state index is 0.393. The summed E-state index contributed by atoms with van der Waals surface area (Å²) >= 11 is 0. The van der Waals surface area contributed by atoms with Crippen LogP contribution < -0.4 is 14.8 Å². The van der Waals surface area contributed by atoms with E-state index in [-0.39, 0.29) is 0 Å². The van der Waals surface area contributed by atoms with E-state index in [0.29, 0.717) is 26.2 Å². The van der Waals surface area contributed by atoms with E-state index in [1.54, 1.807) is 0 Å². The normalized spacial score (nSPS) is 11.4. The zero-order valence-corrected chi connectivity index (χ0v) is 11.6. The molecule has 0 radical (unpaired) electrons. The molecular weight excluding hydrogens is 252 g/mol. The Morgan fingerprint density at radius 2 is 2.06 bits per heavy atom. The Morgan fingerprint density at radius 1 is 1.28 bits per heavy atom. The maximum atomic E-state index is 10.8. The molecule has 0 bridgehead atoms. The standard InChI is InChI=1S/C12H20N2O3S/c1-3-17-12-6-4-5-11(9-12)10-13-7-8-14-18(2,15)16/h4-6,9,13-14H,3,7-8,10H2,1-2H3. The fraction of sp³-hybridized carbons (Fsp3) is 0.500. The number of ether oxygens (including phenoxy) is 1. The summed E-state index contributed by atoms with van der Waals surface area (Å²) in [6.07, 6.45) is 1.15. The lowest BCUT2D eigenvalue weighted by Crippen LogP contribution is -2.30. The van der Waals surface area contributed by atoms with Gasteiger partial charge < -0.3 is 10.1 Å². The van der Waals surface area contributed by atoms with Crippen LogP contribution in [-0.4, -0.2) is 34.4 Å². The first-order valence-corrected chi connectivity index (χ1v) is 7.77. The largest absolute Gasteiger partial charge is 0.494 e. The summed E-state index contributed by atoms with van der Waals surface area (Å²) in [6.45, 7) is 4.26. The van der Waals surface area contributed by atoms with E-state index >= 15 is 0 Å². The zero-order chi connectivity index (χ0) is 13.4. The molecular formula is C12H20N2O3S. The van der Waals surface area contributed by atoms with E-state index in [4.69, 9.17) is 4.74 Å². The van der Waals surface area contributed by atoms with Gasteiger partial charge in [-0.1, -0.05) is 12.1 Å². The highest BCUT2D eigenvalue weighted by atomic mass is 32.2. The molecule has 0 aliphatic carbocycles. The molecule has 18 heavy (non-hydrogen) atoms. The van der Waals surface area contributed by atoms with Crippen molar-refractivity contribution < 1.29 is 13.2 Å². The first-order chi connectivity index (χ1) is 8.51. The summed E-state index contributed by atoms with van der Waals surface area (Å²) < 4.78 is 29.5. The maximum Gasteiger partial charge on any atom is 0.208 e. The third-order valence-corrected chi connectivity index (χ3v) is 2.93. The van der Waals surface area contributed by atoms with Crippen LogP contribution in [0.4, 0.5) is 0 Å². The lowest BCUT2D eigenvalue weighted by molar-refractivity contribution is 0.340. The highest BCUT2D eigenvalue weighted by molar-refractivity contribution is 7.88. The average molecular weight is 272 g/mol. The molecule has 0 unspecified atom stereocenters. The number of hydrogen-bond donors (Lipinski definition) is 2. The van der Waals surface area contributed by atoms with Crippen molar-refractivity contribution in [3.63, 3.8) is 0 Å². The van der Waals surface area contributed by atoms with Gasteiger partial charge in [-0.05, 0) is 24.6 Å². The SMILES string of the molecule is CCOc1cccc(CNCCNS(C)(=O)=O)c1. The van der Waals surface area contributed by atoms with Crippen LogP contribution in [0.5, 0.6) is 5.75 Å². The molecule has 0 aliphatic heterocycles. The molecule has 102 valence electrons. The molecule has 1 rings (SSSR count). The summed E-state index contributed by atoms with van der Waals surface area (Å²) in [7, 11) is -3.09. The van der Waals surface area contributed by atoms with Gasteiger partial charge in [0.2, 0.25) is 10.0 Å². The van der Waals surface area contributed by atoms with Crippen molar-refractivity contribution in [2.45, 2.75) is 13.5 Å². The minimum atomic E-state index is -3.09. The highest BCUT2D eigenvalue weighted by Gasteiger charge is 1.99. The summed E-state index contributed by atoms with van der Waals surface area (Å²) in [5, 5.41) is 3.16. The van der Waals surface area contributed by atoms with E-state index < -0.39 is 10.0 Å². The number of nitrogens with one attached hydrogen (secondary N) is 2. The van der Waals surface area contributed by atoms with E-state index in [0.717, 1.165) is 17.6 Å². The van der Waals surface area contributed by atoms with Crippen molar-refractivity contribution in [3.8, 4) is 5.75 Å². The highest BCUT2D eigenvalue weighted by Crippen LogP contribution is 2.12. The predicted molar refractivity (Wildman–Crippen MR) is 72.2 cm³/mol. The monoisotopic (exact) mass is 272 g/mol. The summed E-state index contributed by atoms with van der Waals surface area (Å²) in [4.78, 5) is 0. The molecule has 5 nitrogen and oxygen atoms in total. The van der Waals surface area contributed by atoms with Gasteiger partial charge in [-0.25, -0.2) is 13.1 Å². The molecule has 6 heteroatoms. The minimum Gasteiger partial charge on any atom is -0.494 e. The molecule has 0 saturated heterocycles. The van der Waals surface area contributed by atoms with Crippen molar-refractivity contribution in [1.29, 1.82) is 0 Å². The summed E-state index contributed by atoms with van der Waals surface area (Å²) in [5.74, 6) is 0.853. The average Bonchev–Trinajstić information content (AvgIpc) is 2.28. The van der Waals surface area contributed by atoms with Gasteiger partial charge in [0, 0.05) is 19.6 Å². The third kappa shape index (κ3) is 6.58.